The van der Waals surface area contributed by atoms with Crippen molar-refractivity contribution in [1.29, 1.82) is 0 Å². The Kier molecular flexibility index (Phi) is 8.77. The smallest absolute Gasteiger partial charge is 0.271 e. The van der Waals surface area contributed by atoms with Gasteiger partial charge in [0.1, 0.15) is 6.61 Å². The summed E-state index contributed by atoms with van der Waals surface area (Å²) in [5.41, 5.74) is 2.85. The summed E-state index contributed by atoms with van der Waals surface area (Å²) in [6.45, 7) is 0.270. The Morgan fingerprint density at radius 2 is 1.31 bits per heavy atom. The molecule has 0 aromatic heterocycles. The lowest BCUT2D eigenvalue weighted by Crippen LogP contribution is -2.28. The molecule has 1 amide bonds. The Labute approximate surface area is 254 Å². The van der Waals surface area contributed by atoms with Gasteiger partial charge in [-0.05, 0) is 102 Å². The highest BCUT2D eigenvalue weighted by Crippen LogP contribution is 2.40. The first-order valence-electron chi connectivity index (χ1n) is 11.5. The standard InChI is InChI=1S/C29H17Cl5N2O2S/c30-19-3-1-17(2-4-19)16-38-27-24(33)13-18(14-25(27)34)15-26-28(37)36(23-11-7-21(32)8-12-23)29(39-26)35-22-9-5-20(31)6-10-22/h1-15H,16H2/b26-15-,35-29?. The Hall–Kier alpha value is -2.64. The molecule has 1 saturated heterocycles. The highest BCUT2D eigenvalue weighted by molar-refractivity contribution is 8.19. The van der Waals surface area contributed by atoms with Gasteiger partial charge in [-0.2, -0.15) is 0 Å². The normalized spacial score (nSPS) is 15.4. The molecule has 0 N–H and O–H groups in total. The second-order valence-corrected chi connectivity index (χ2v) is 11.5. The second kappa shape index (κ2) is 12.3. The van der Waals surface area contributed by atoms with Gasteiger partial charge < -0.3 is 4.74 Å². The van der Waals surface area contributed by atoms with Crippen LogP contribution in [-0.4, -0.2) is 11.1 Å². The number of hydrogen-bond donors (Lipinski definition) is 0. The molecule has 39 heavy (non-hydrogen) atoms. The van der Waals surface area contributed by atoms with E-state index in [2.05, 4.69) is 0 Å². The molecule has 0 aliphatic carbocycles. The summed E-state index contributed by atoms with van der Waals surface area (Å²) in [6.07, 6.45) is 1.72. The molecule has 1 fully saturated rings. The van der Waals surface area contributed by atoms with Crippen molar-refractivity contribution >= 4 is 98.3 Å². The fraction of sp³-hybridized carbons (Fsp3) is 0.0345. The van der Waals surface area contributed by atoms with Crippen LogP contribution in [0.5, 0.6) is 5.75 Å². The number of anilines is 1. The van der Waals surface area contributed by atoms with Crippen LogP contribution in [-0.2, 0) is 11.4 Å². The number of rotatable bonds is 6. The minimum atomic E-state index is -0.245. The Balaban J connectivity index is 1.44. The molecule has 0 radical (unpaired) electrons. The SMILES string of the molecule is O=C1/C(=C/c2cc(Cl)c(OCc3ccc(Cl)cc3)c(Cl)c2)SC(=Nc2ccc(Cl)cc2)N1c1ccc(Cl)cc1. The minimum Gasteiger partial charge on any atom is -0.486 e. The molecule has 0 spiro atoms. The van der Waals surface area contributed by atoms with E-state index in [0.717, 1.165) is 5.56 Å². The van der Waals surface area contributed by atoms with Crippen LogP contribution in [0, 0.1) is 0 Å². The van der Waals surface area contributed by atoms with Crippen LogP contribution in [0.3, 0.4) is 0 Å². The summed E-state index contributed by atoms with van der Waals surface area (Å²) in [5, 5.41) is 2.93. The van der Waals surface area contributed by atoms with Crippen molar-refractivity contribution in [3.05, 3.63) is 126 Å². The average molecular weight is 635 g/mol. The Morgan fingerprint density at radius 3 is 1.90 bits per heavy atom. The third kappa shape index (κ3) is 6.75. The van der Waals surface area contributed by atoms with Crippen molar-refractivity contribution in [1.82, 2.24) is 0 Å². The molecule has 4 aromatic rings. The monoisotopic (exact) mass is 632 g/mol. The predicted octanol–water partition coefficient (Wildman–Crippen LogP) is 10.3. The summed E-state index contributed by atoms with van der Waals surface area (Å²) >= 11 is 32.3. The van der Waals surface area contributed by atoms with E-state index in [1.165, 1.54) is 16.7 Å². The Morgan fingerprint density at radius 1 is 0.769 bits per heavy atom. The molecule has 0 atom stereocenters. The average Bonchev–Trinajstić information content (AvgIpc) is 3.20. The van der Waals surface area contributed by atoms with Crippen LogP contribution in [0.25, 0.3) is 6.08 Å². The third-order valence-electron chi connectivity index (χ3n) is 5.56. The number of ether oxygens (including phenoxy) is 1. The first-order valence-corrected chi connectivity index (χ1v) is 14.2. The summed E-state index contributed by atoms with van der Waals surface area (Å²) in [7, 11) is 0. The molecule has 1 heterocycles. The summed E-state index contributed by atoms with van der Waals surface area (Å²) in [4.78, 5) is 20.3. The topological polar surface area (TPSA) is 41.9 Å². The van der Waals surface area contributed by atoms with Gasteiger partial charge in [-0.3, -0.25) is 9.69 Å². The molecular weight excluding hydrogens is 618 g/mol. The van der Waals surface area contributed by atoms with Gasteiger partial charge in [0.2, 0.25) is 0 Å². The van der Waals surface area contributed by atoms with Crippen LogP contribution < -0.4 is 9.64 Å². The van der Waals surface area contributed by atoms with Gasteiger partial charge in [-0.25, -0.2) is 4.99 Å². The van der Waals surface area contributed by atoms with Crippen molar-refractivity contribution in [3.8, 4) is 5.75 Å². The number of amidine groups is 1. The zero-order valence-corrected chi connectivity index (χ0v) is 24.5. The molecule has 0 unspecified atom stereocenters. The van der Waals surface area contributed by atoms with E-state index in [-0.39, 0.29) is 12.5 Å². The Bertz CT molecular complexity index is 1570. The van der Waals surface area contributed by atoms with E-state index < -0.39 is 0 Å². The van der Waals surface area contributed by atoms with E-state index >= 15 is 0 Å². The molecule has 196 valence electrons. The van der Waals surface area contributed by atoms with Crippen molar-refractivity contribution in [2.45, 2.75) is 6.61 Å². The summed E-state index contributed by atoms with van der Waals surface area (Å²) in [5.74, 6) is 0.110. The molecule has 1 aliphatic heterocycles. The van der Waals surface area contributed by atoms with Gasteiger partial charge in [-0.1, -0.05) is 70.1 Å². The van der Waals surface area contributed by atoms with E-state index in [4.69, 9.17) is 67.7 Å². The number of thioether (sulfide) groups is 1. The maximum absolute atomic E-state index is 13.6. The lowest BCUT2D eigenvalue weighted by molar-refractivity contribution is -0.113. The van der Waals surface area contributed by atoms with Crippen LogP contribution in [0.1, 0.15) is 11.1 Å². The maximum atomic E-state index is 13.6. The molecule has 10 heteroatoms. The first-order chi connectivity index (χ1) is 18.8. The van der Waals surface area contributed by atoms with Gasteiger partial charge >= 0.3 is 0 Å². The number of nitrogens with zero attached hydrogens (tertiary/aromatic N) is 2. The quantitative estimate of drug-likeness (QED) is 0.198. The fourth-order valence-electron chi connectivity index (χ4n) is 3.68. The van der Waals surface area contributed by atoms with Gasteiger partial charge in [0, 0.05) is 15.1 Å². The zero-order valence-electron chi connectivity index (χ0n) is 19.9. The van der Waals surface area contributed by atoms with Gasteiger partial charge in [0.05, 0.1) is 26.3 Å². The molecule has 5 rings (SSSR count). The van der Waals surface area contributed by atoms with Crippen molar-refractivity contribution < 1.29 is 9.53 Å². The molecule has 4 aromatic carbocycles. The maximum Gasteiger partial charge on any atom is 0.271 e. The number of aliphatic imine (C=N–C) groups is 1. The number of hydrogen-bond acceptors (Lipinski definition) is 4. The van der Waals surface area contributed by atoms with E-state index in [0.29, 0.717) is 57.9 Å². The highest BCUT2D eigenvalue weighted by Gasteiger charge is 2.35. The molecule has 1 aliphatic rings. The fourth-order valence-corrected chi connectivity index (χ4v) is 5.67. The number of carbonyl (C=O) groups excluding carboxylic acids is 1. The van der Waals surface area contributed by atoms with E-state index in [9.17, 15) is 4.79 Å². The van der Waals surface area contributed by atoms with Crippen molar-refractivity contribution in [3.63, 3.8) is 0 Å². The van der Waals surface area contributed by atoms with Crippen LogP contribution >= 0.6 is 69.8 Å². The number of benzene rings is 4. The molecule has 0 bridgehead atoms. The van der Waals surface area contributed by atoms with Gasteiger partial charge in [0.25, 0.3) is 5.91 Å². The minimum absolute atomic E-state index is 0.245. The van der Waals surface area contributed by atoms with Crippen LogP contribution in [0.4, 0.5) is 11.4 Å². The number of carbonyl (C=O) groups is 1. The summed E-state index contributed by atoms with van der Waals surface area (Å²) < 4.78 is 5.87. The summed E-state index contributed by atoms with van der Waals surface area (Å²) in [6, 6.07) is 24.7. The number of amides is 1. The zero-order chi connectivity index (χ0) is 27.5. The van der Waals surface area contributed by atoms with Crippen LogP contribution in [0.2, 0.25) is 25.1 Å². The second-order valence-electron chi connectivity index (χ2n) is 8.33. The lowest BCUT2D eigenvalue weighted by atomic mass is 10.2. The van der Waals surface area contributed by atoms with Gasteiger partial charge in [-0.15, -0.1) is 0 Å². The largest absolute Gasteiger partial charge is 0.486 e. The number of halogens is 5. The van der Waals surface area contributed by atoms with Crippen molar-refractivity contribution in [2.24, 2.45) is 4.99 Å². The van der Waals surface area contributed by atoms with E-state index in [1.807, 2.05) is 12.1 Å². The van der Waals surface area contributed by atoms with Gasteiger partial charge in [0.15, 0.2) is 10.9 Å². The molecular formula is C29H17Cl5N2O2S. The van der Waals surface area contributed by atoms with E-state index in [1.54, 1.807) is 78.9 Å². The first kappa shape index (κ1) is 27.9. The molecule has 0 saturated carbocycles. The van der Waals surface area contributed by atoms with Crippen molar-refractivity contribution in [2.75, 3.05) is 4.90 Å². The van der Waals surface area contributed by atoms with Crippen LogP contribution in [0.15, 0.2) is 94.8 Å². The lowest BCUT2D eigenvalue weighted by Gasteiger charge is -2.15. The molecule has 4 nitrogen and oxygen atoms in total. The third-order valence-corrected chi connectivity index (χ3v) is 7.84. The predicted molar refractivity (Wildman–Crippen MR) is 165 cm³/mol. The highest BCUT2D eigenvalue weighted by atomic mass is 35.5.